The molecule has 2 heterocycles. The molecule has 0 spiro atoms. The minimum absolute atomic E-state index is 0.00359. The number of rotatable bonds is 6. The molecule has 0 bridgehead atoms. The van der Waals surface area contributed by atoms with Gasteiger partial charge in [-0.1, -0.05) is 17.7 Å². The number of ether oxygens (including phenoxy) is 1. The van der Waals surface area contributed by atoms with Gasteiger partial charge in [0.05, 0.1) is 24.1 Å². The first kappa shape index (κ1) is 20.9. The number of carbonyl (C=O) groups excluding carboxylic acids is 1. The van der Waals surface area contributed by atoms with Crippen LogP contribution in [0.2, 0.25) is 0 Å². The van der Waals surface area contributed by atoms with Crippen molar-refractivity contribution in [2.75, 3.05) is 34.3 Å². The molecule has 1 aliphatic rings. The van der Waals surface area contributed by atoms with Crippen molar-refractivity contribution in [3.8, 4) is 11.5 Å². The highest BCUT2D eigenvalue weighted by Gasteiger charge is 2.42. The normalized spacial score (nSPS) is 15.7. The highest BCUT2D eigenvalue weighted by atomic mass is 16.5. The minimum Gasteiger partial charge on any atom is -0.504 e. The molecule has 7 heteroatoms. The SMILES string of the molecule is COc1cc(C2c3c(oc4ccc(C)cc4c3=O)C(=O)N2CCCN(C)C)ccc1O. The Morgan fingerprint density at radius 3 is 2.65 bits per heavy atom. The third-order valence-corrected chi connectivity index (χ3v) is 5.65. The van der Waals surface area contributed by atoms with Gasteiger partial charge < -0.3 is 24.1 Å². The summed E-state index contributed by atoms with van der Waals surface area (Å²) in [7, 11) is 5.41. The van der Waals surface area contributed by atoms with Crippen molar-refractivity contribution in [2.24, 2.45) is 0 Å². The quantitative estimate of drug-likeness (QED) is 0.656. The molecule has 0 saturated heterocycles. The molecular formula is C24H26N2O5. The zero-order chi connectivity index (χ0) is 22.3. The summed E-state index contributed by atoms with van der Waals surface area (Å²) in [6.45, 7) is 3.17. The Morgan fingerprint density at radius 2 is 1.94 bits per heavy atom. The largest absolute Gasteiger partial charge is 0.504 e. The smallest absolute Gasteiger partial charge is 0.290 e. The number of phenolic OH excluding ortho intramolecular Hbond substituents is 1. The van der Waals surface area contributed by atoms with E-state index in [1.165, 1.54) is 13.2 Å². The molecule has 0 radical (unpaired) electrons. The van der Waals surface area contributed by atoms with Gasteiger partial charge in [-0.2, -0.15) is 0 Å². The van der Waals surface area contributed by atoms with Gasteiger partial charge in [-0.25, -0.2) is 0 Å². The topological polar surface area (TPSA) is 83.2 Å². The van der Waals surface area contributed by atoms with Crippen molar-refractivity contribution in [3.63, 3.8) is 0 Å². The number of phenols is 1. The van der Waals surface area contributed by atoms with Crippen LogP contribution in [0.15, 0.2) is 45.6 Å². The number of amides is 1. The van der Waals surface area contributed by atoms with Crippen LogP contribution in [0, 0.1) is 6.92 Å². The molecule has 1 aromatic heterocycles. The average Bonchev–Trinajstić information content (AvgIpc) is 3.01. The van der Waals surface area contributed by atoms with Crippen LogP contribution < -0.4 is 10.2 Å². The molecule has 1 amide bonds. The Morgan fingerprint density at radius 1 is 1.16 bits per heavy atom. The Labute approximate surface area is 180 Å². The molecule has 162 valence electrons. The number of nitrogens with zero attached hydrogens (tertiary/aromatic N) is 2. The van der Waals surface area contributed by atoms with Crippen molar-refractivity contribution >= 4 is 16.9 Å². The summed E-state index contributed by atoms with van der Waals surface area (Å²) in [5.41, 5.74) is 2.15. The van der Waals surface area contributed by atoms with Gasteiger partial charge in [0.2, 0.25) is 5.76 Å². The van der Waals surface area contributed by atoms with Gasteiger partial charge in [-0.15, -0.1) is 0 Å². The Kier molecular flexibility index (Phi) is 5.45. The van der Waals surface area contributed by atoms with Gasteiger partial charge in [0.1, 0.15) is 5.58 Å². The second-order valence-corrected chi connectivity index (χ2v) is 8.16. The molecule has 0 saturated carbocycles. The molecule has 0 aliphatic carbocycles. The predicted molar refractivity (Wildman–Crippen MR) is 118 cm³/mol. The maximum Gasteiger partial charge on any atom is 0.290 e. The van der Waals surface area contributed by atoms with E-state index in [1.807, 2.05) is 32.0 Å². The summed E-state index contributed by atoms with van der Waals surface area (Å²) >= 11 is 0. The van der Waals surface area contributed by atoms with E-state index in [4.69, 9.17) is 9.15 Å². The summed E-state index contributed by atoms with van der Waals surface area (Å²) in [6.07, 6.45) is 0.741. The van der Waals surface area contributed by atoms with Gasteiger partial charge in [0.25, 0.3) is 5.91 Å². The van der Waals surface area contributed by atoms with Gasteiger partial charge in [-0.3, -0.25) is 9.59 Å². The van der Waals surface area contributed by atoms with E-state index in [0.29, 0.717) is 28.6 Å². The summed E-state index contributed by atoms with van der Waals surface area (Å²) in [6, 6.07) is 9.66. The van der Waals surface area contributed by atoms with Crippen LogP contribution in [0.1, 0.15) is 39.7 Å². The van der Waals surface area contributed by atoms with E-state index in [-0.39, 0.29) is 28.6 Å². The van der Waals surface area contributed by atoms with E-state index < -0.39 is 6.04 Å². The van der Waals surface area contributed by atoms with E-state index in [9.17, 15) is 14.7 Å². The van der Waals surface area contributed by atoms with Crippen LogP contribution in [0.4, 0.5) is 0 Å². The van der Waals surface area contributed by atoms with Crippen LogP contribution in [0.25, 0.3) is 11.0 Å². The van der Waals surface area contributed by atoms with E-state index >= 15 is 0 Å². The van der Waals surface area contributed by atoms with Crippen molar-refractivity contribution < 1.29 is 19.1 Å². The lowest BCUT2D eigenvalue weighted by atomic mass is 9.97. The maximum atomic E-state index is 13.5. The third kappa shape index (κ3) is 3.65. The minimum atomic E-state index is -0.611. The average molecular weight is 422 g/mol. The van der Waals surface area contributed by atoms with E-state index in [2.05, 4.69) is 0 Å². The second kappa shape index (κ2) is 8.07. The molecule has 7 nitrogen and oxygen atoms in total. The Bertz CT molecular complexity index is 1210. The number of aryl methyl sites for hydroxylation is 1. The number of methoxy groups -OCH3 is 1. The molecule has 1 aliphatic heterocycles. The molecule has 4 rings (SSSR count). The standard InChI is InChI=1S/C24H26N2O5/c1-14-6-9-18-16(12-14)22(28)20-21(15-7-8-17(27)19(13-15)30-4)26(11-5-10-25(2)3)24(29)23(20)31-18/h6-9,12-13,21,27H,5,10-11H2,1-4H3. The van der Waals surface area contributed by atoms with Gasteiger partial charge in [-0.05, 0) is 63.8 Å². The first-order valence-corrected chi connectivity index (χ1v) is 10.2. The summed E-state index contributed by atoms with van der Waals surface area (Å²) in [4.78, 5) is 30.6. The summed E-state index contributed by atoms with van der Waals surface area (Å²) in [5.74, 6) is 0.0670. The highest BCUT2D eigenvalue weighted by Crippen LogP contribution is 2.40. The first-order valence-electron chi connectivity index (χ1n) is 10.2. The van der Waals surface area contributed by atoms with Crippen LogP contribution in [0.5, 0.6) is 11.5 Å². The van der Waals surface area contributed by atoms with Gasteiger partial charge >= 0.3 is 0 Å². The number of aromatic hydroxyl groups is 1. The lowest BCUT2D eigenvalue weighted by Crippen LogP contribution is -2.32. The number of hydrogen-bond donors (Lipinski definition) is 1. The number of hydrogen-bond acceptors (Lipinski definition) is 6. The highest BCUT2D eigenvalue weighted by molar-refractivity contribution is 5.99. The third-order valence-electron chi connectivity index (χ3n) is 5.65. The molecule has 31 heavy (non-hydrogen) atoms. The first-order chi connectivity index (χ1) is 14.8. The molecule has 1 unspecified atom stereocenters. The van der Waals surface area contributed by atoms with Crippen molar-refractivity contribution in [1.82, 2.24) is 9.80 Å². The van der Waals surface area contributed by atoms with Crippen molar-refractivity contribution in [1.29, 1.82) is 0 Å². The second-order valence-electron chi connectivity index (χ2n) is 8.16. The Balaban J connectivity index is 1.90. The fraction of sp³-hybridized carbons (Fsp3) is 0.333. The van der Waals surface area contributed by atoms with Crippen molar-refractivity contribution in [3.05, 3.63) is 69.1 Å². The number of benzene rings is 2. The zero-order valence-electron chi connectivity index (χ0n) is 18.1. The van der Waals surface area contributed by atoms with Crippen LogP contribution in [0.3, 0.4) is 0 Å². The van der Waals surface area contributed by atoms with Crippen LogP contribution >= 0.6 is 0 Å². The molecular weight excluding hydrogens is 396 g/mol. The summed E-state index contributed by atoms with van der Waals surface area (Å²) < 4.78 is 11.2. The lowest BCUT2D eigenvalue weighted by molar-refractivity contribution is 0.0722. The number of fused-ring (bicyclic) bond motifs is 2. The molecule has 2 aromatic carbocycles. The predicted octanol–water partition coefficient (Wildman–Crippen LogP) is 3.31. The van der Waals surface area contributed by atoms with Crippen LogP contribution in [-0.4, -0.2) is 55.1 Å². The molecule has 1 N–H and O–H groups in total. The summed E-state index contributed by atoms with van der Waals surface area (Å²) in [5, 5.41) is 10.5. The fourth-order valence-electron chi connectivity index (χ4n) is 4.13. The van der Waals surface area contributed by atoms with E-state index in [0.717, 1.165) is 18.5 Å². The molecule has 1 atom stereocenters. The van der Waals surface area contributed by atoms with Gasteiger partial charge in [0, 0.05) is 6.54 Å². The fourth-order valence-corrected chi connectivity index (χ4v) is 4.13. The Hall–Kier alpha value is -3.32. The van der Waals surface area contributed by atoms with Crippen LogP contribution in [-0.2, 0) is 0 Å². The maximum absolute atomic E-state index is 13.5. The number of carbonyl (C=O) groups is 1. The molecule has 0 fully saturated rings. The monoisotopic (exact) mass is 422 g/mol. The zero-order valence-corrected chi connectivity index (χ0v) is 18.1. The van der Waals surface area contributed by atoms with E-state index in [1.54, 1.807) is 29.2 Å². The van der Waals surface area contributed by atoms with Gasteiger partial charge in [0.15, 0.2) is 16.9 Å². The van der Waals surface area contributed by atoms with Crippen molar-refractivity contribution in [2.45, 2.75) is 19.4 Å². The molecule has 3 aromatic rings. The lowest BCUT2D eigenvalue weighted by Gasteiger charge is -2.26.